The van der Waals surface area contributed by atoms with Crippen molar-refractivity contribution in [1.82, 2.24) is 9.88 Å². The quantitative estimate of drug-likeness (QED) is 0.767. The van der Waals surface area contributed by atoms with Crippen LogP contribution in [0.25, 0.3) is 10.9 Å². The zero-order valence-electron chi connectivity index (χ0n) is 17.4. The number of H-pyrrole nitrogens is 1. The molecule has 3 aliphatic heterocycles. The van der Waals surface area contributed by atoms with E-state index in [1.165, 1.54) is 31.2 Å². The third kappa shape index (κ3) is 2.83. The van der Waals surface area contributed by atoms with Gasteiger partial charge >= 0.3 is 11.9 Å². The second-order valence-electron chi connectivity index (χ2n) is 8.42. The topological polar surface area (TPSA) is 80.9 Å². The molecule has 1 fully saturated rings. The van der Waals surface area contributed by atoms with Crippen LogP contribution in [-0.2, 0) is 30.2 Å². The number of hydrogen-bond acceptors (Lipinski definition) is 6. The van der Waals surface area contributed by atoms with Gasteiger partial charge in [-0.2, -0.15) is 0 Å². The summed E-state index contributed by atoms with van der Waals surface area (Å²) in [6, 6.07) is 8.11. The Balaban J connectivity index is 1.66. The summed E-state index contributed by atoms with van der Waals surface area (Å²) in [5.74, 6) is -1.05. The Bertz CT molecular complexity index is 1040. The number of piperidine rings is 1. The van der Waals surface area contributed by atoms with Crippen molar-refractivity contribution < 1.29 is 23.8 Å². The molecule has 7 heteroatoms. The summed E-state index contributed by atoms with van der Waals surface area (Å²) in [5.41, 5.74) is 3.87. The molecule has 3 aliphatic rings. The van der Waals surface area contributed by atoms with Gasteiger partial charge in [-0.1, -0.05) is 18.2 Å². The first-order valence-corrected chi connectivity index (χ1v) is 10.4. The highest BCUT2D eigenvalue weighted by atomic mass is 16.5. The van der Waals surface area contributed by atoms with Gasteiger partial charge in [-0.25, -0.2) is 4.79 Å². The number of nitrogens with zero attached hydrogens (tertiary/aromatic N) is 1. The average Bonchev–Trinajstić information content (AvgIpc) is 3.12. The number of rotatable bonds is 2. The zero-order chi connectivity index (χ0) is 21.0. The van der Waals surface area contributed by atoms with Crippen LogP contribution in [0, 0.1) is 11.8 Å². The Kier molecular flexibility index (Phi) is 4.58. The molecule has 0 spiro atoms. The number of aromatic nitrogens is 1. The summed E-state index contributed by atoms with van der Waals surface area (Å²) in [7, 11) is 1.36. The smallest absolute Gasteiger partial charge is 0.337 e. The van der Waals surface area contributed by atoms with Crippen molar-refractivity contribution in [2.75, 3.05) is 20.2 Å². The molecule has 0 radical (unpaired) electrons. The first-order chi connectivity index (χ1) is 14.5. The van der Waals surface area contributed by atoms with Crippen molar-refractivity contribution in [2.45, 2.75) is 38.5 Å². The highest BCUT2D eigenvalue weighted by Gasteiger charge is 2.54. The minimum absolute atomic E-state index is 0.0237. The Labute approximate surface area is 175 Å². The molecule has 1 aromatic heterocycles. The monoisotopic (exact) mass is 410 g/mol. The van der Waals surface area contributed by atoms with E-state index in [1.807, 2.05) is 19.1 Å². The molecular formula is C23H26N2O5. The highest BCUT2D eigenvalue weighted by Crippen LogP contribution is 2.49. The molecule has 0 saturated carbocycles. The normalized spacial score (nSPS) is 30.4. The van der Waals surface area contributed by atoms with E-state index in [4.69, 9.17) is 14.2 Å². The van der Waals surface area contributed by atoms with E-state index in [2.05, 4.69) is 22.0 Å². The van der Waals surface area contributed by atoms with Gasteiger partial charge in [0.25, 0.3) is 0 Å². The SMILES string of the molecule is COC(=O)C1=CO[C@H](C)[C@@H]2CN3CCc4c([nH]c5ccccc45)[C@@H]3[C@@H](OC(C)=O)[C@H]12. The first kappa shape index (κ1) is 19.2. The summed E-state index contributed by atoms with van der Waals surface area (Å²) in [5, 5.41) is 1.21. The molecule has 2 aromatic rings. The molecule has 0 amide bonds. The summed E-state index contributed by atoms with van der Waals surface area (Å²) in [4.78, 5) is 30.7. The van der Waals surface area contributed by atoms with E-state index in [1.54, 1.807) is 0 Å². The predicted molar refractivity (Wildman–Crippen MR) is 109 cm³/mol. The van der Waals surface area contributed by atoms with Crippen molar-refractivity contribution in [3.05, 3.63) is 47.4 Å². The van der Waals surface area contributed by atoms with Crippen LogP contribution in [0.2, 0.25) is 0 Å². The third-order valence-electron chi connectivity index (χ3n) is 6.85. The predicted octanol–water partition coefficient (Wildman–Crippen LogP) is 2.72. The van der Waals surface area contributed by atoms with Gasteiger partial charge in [-0.05, 0) is 25.0 Å². The van der Waals surface area contributed by atoms with Crippen molar-refractivity contribution in [3.8, 4) is 0 Å². The van der Waals surface area contributed by atoms with Crippen molar-refractivity contribution >= 4 is 22.8 Å². The van der Waals surface area contributed by atoms with Crippen LogP contribution in [0.3, 0.4) is 0 Å². The van der Waals surface area contributed by atoms with Crippen molar-refractivity contribution in [2.24, 2.45) is 11.8 Å². The molecule has 0 unspecified atom stereocenters. The van der Waals surface area contributed by atoms with E-state index in [-0.39, 0.29) is 30.0 Å². The third-order valence-corrected chi connectivity index (χ3v) is 6.85. The standard InChI is InChI=1S/C23H26N2O5/c1-12-16-10-25-9-8-15-14-6-4-5-7-18(14)24-20(15)21(25)22(30-13(2)26)19(16)17(11-29-12)23(27)28-3/h4-7,11-12,16,19,21-22,24H,8-10H2,1-3H3/t12-,16+,19+,21-,22+/m1/s1. The highest BCUT2D eigenvalue weighted by molar-refractivity contribution is 5.89. The lowest BCUT2D eigenvalue weighted by Gasteiger charge is -2.52. The number of esters is 2. The van der Waals surface area contributed by atoms with E-state index < -0.39 is 12.1 Å². The van der Waals surface area contributed by atoms with Crippen LogP contribution in [-0.4, -0.2) is 54.2 Å². The summed E-state index contributed by atoms with van der Waals surface area (Å²) >= 11 is 0. The Morgan fingerprint density at radius 3 is 2.83 bits per heavy atom. The van der Waals surface area contributed by atoms with Gasteiger partial charge < -0.3 is 19.2 Å². The number of ether oxygens (including phenoxy) is 3. The van der Waals surface area contributed by atoms with Gasteiger partial charge in [0.15, 0.2) is 0 Å². The van der Waals surface area contributed by atoms with E-state index in [0.717, 1.165) is 30.7 Å². The zero-order valence-corrected chi connectivity index (χ0v) is 17.4. The molecule has 1 saturated heterocycles. The number of methoxy groups -OCH3 is 1. The number of fused-ring (bicyclic) bond motifs is 6. The minimum Gasteiger partial charge on any atom is -0.497 e. The number of para-hydroxylation sites is 1. The average molecular weight is 410 g/mol. The molecule has 1 N–H and O–H groups in total. The molecule has 4 heterocycles. The summed E-state index contributed by atoms with van der Waals surface area (Å²) in [6.45, 7) is 5.06. The number of benzene rings is 1. The molecule has 5 rings (SSSR count). The molecule has 1 aromatic carbocycles. The maximum Gasteiger partial charge on any atom is 0.337 e. The van der Waals surface area contributed by atoms with Gasteiger partial charge in [0, 0.05) is 48.4 Å². The van der Waals surface area contributed by atoms with Gasteiger partial charge in [0.1, 0.15) is 6.10 Å². The fourth-order valence-electron chi connectivity index (χ4n) is 5.56. The largest absolute Gasteiger partial charge is 0.497 e. The van der Waals surface area contributed by atoms with Crippen molar-refractivity contribution in [3.63, 3.8) is 0 Å². The second-order valence-corrected chi connectivity index (χ2v) is 8.42. The maximum atomic E-state index is 12.6. The summed E-state index contributed by atoms with van der Waals surface area (Å²) in [6.07, 6.45) is 1.82. The Morgan fingerprint density at radius 1 is 1.27 bits per heavy atom. The molecule has 5 atom stereocenters. The van der Waals surface area contributed by atoms with Crippen LogP contribution >= 0.6 is 0 Å². The van der Waals surface area contributed by atoms with Crippen LogP contribution < -0.4 is 0 Å². The lowest BCUT2D eigenvalue weighted by atomic mass is 9.70. The number of carbonyl (C=O) groups is 2. The van der Waals surface area contributed by atoms with Gasteiger partial charge in [-0.15, -0.1) is 0 Å². The van der Waals surface area contributed by atoms with Crippen molar-refractivity contribution in [1.29, 1.82) is 0 Å². The number of carbonyl (C=O) groups excluding carboxylic acids is 2. The molecule has 0 aliphatic carbocycles. The molecule has 7 nitrogen and oxygen atoms in total. The molecule has 30 heavy (non-hydrogen) atoms. The second kappa shape index (κ2) is 7.16. The fourth-order valence-corrected chi connectivity index (χ4v) is 5.56. The van der Waals surface area contributed by atoms with Gasteiger partial charge in [0.05, 0.1) is 31.1 Å². The van der Waals surface area contributed by atoms with Crippen LogP contribution in [0.4, 0.5) is 0 Å². The van der Waals surface area contributed by atoms with E-state index in [0.29, 0.717) is 5.57 Å². The van der Waals surface area contributed by atoms with Crippen LogP contribution in [0.1, 0.15) is 31.1 Å². The Hall–Kier alpha value is -2.80. The minimum atomic E-state index is -0.509. The van der Waals surface area contributed by atoms with Crippen LogP contribution in [0.5, 0.6) is 0 Å². The number of aromatic amines is 1. The summed E-state index contributed by atoms with van der Waals surface area (Å²) < 4.78 is 16.8. The number of hydrogen-bond donors (Lipinski definition) is 1. The van der Waals surface area contributed by atoms with E-state index in [9.17, 15) is 9.59 Å². The molecular weight excluding hydrogens is 384 g/mol. The lowest BCUT2D eigenvalue weighted by molar-refractivity contribution is -0.169. The maximum absolute atomic E-state index is 12.6. The molecule has 0 bridgehead atoms. The van der Waals surface area contributed by atoms with Gasteiger partial charge in [-0.3, -0.25) is 9.69 Å². The first-order valence-electron chi connectivity index (χ1n) is 10.4. The lowest BCUT2D eigenvalue weighted by Crippen LogP contribution is -2.59. The number of nitrogens with one attached hydrogen (secondary N) is 1. The van der Waals surface area contributed by atoms with E-state index >= 15 is 0 Å². The fraction of sp³-hybridized carbons (Fsp3) is 0.478. The van der Waals surface area contributed by atoms with Crippen LogP contribution in [0.15, 0.2) is 36.1 Å². The molecule has 158 valence electrons. The Morgan fingerprint density at radius 2 is 2.07 bits per heavy atom. The van der Waals surface area contributed by atoms with Gasteiger partial charge in [0.2, 0.25) is 0 Å².